The molecule has 78 valence electrons. The summed E-state index contributed by atoms with van der Waals surface area (Å²) in [5.41, 5.74) is 0. The van der Waals surface area contributed by atoms with Gasteiger partial charge in [-0.05, 0) is 12.1 Å². The van der Waals surface area contributed by atoms with Gasteiger partial charge in [0.05, 0.1) is 13.2 Å². The lowest BCUT2D eigenvalue weighted by molar-refractivity contribution is 0.0549. The minimum atomic E-state index is -1.69. The first-order valence-electron chi connectivity index (χ1n) is 4.20. The second kappa shape index (κ2) is 6.06. The molecule has 0 aromatic heterocycles. The van der Waals surface area contributed by atoms with Gasteiger partial charge in [-0.25, -0.2) is 0 Å². The Morgan fingerprint density at radius 2 is 1.93 bits per heavy atom. The van der Waals surface area contributed by atoms with Gasteiger partial charge in [0, 0.05) is 5.30 Å². The van der Waals surface area contributed by atoms with Gasteiger partial charge in [-0.1, -0.05) is 18.2 Å². The molecule has 5 heteroatoms. The molecule has 0 aliphatic heterocycles. The number of hydrogen-bond donors (Lipinski definition) is 3. The maximum Gasteiger partial charge on any atom is 0.202 e. The van der Waals surface area contributed by atoms with Crippen molar-refractivity contribution in [1.82, 2.24) is 0 Å². The molecule has 0 aliphatic rings. The number of rotatable bonds is 5. The third-order valence-corrected chi connectivity index (χ3v) is 2.71. The Morgan fingerprint density at radius 3 is 2.50 bits per heavy atom. The molecule has 2 atom stereocenters. The first-order chi connectivity index (χ1) is 6.74. The highest BCUT2D eigenvalue weighted by molar-refractivity contribution is 7.55. The third kappa shape index (κ3) is 3.70. The summed E-state index contributed by atoms with van der Waals surface area (Å²) in [6.07, 6.45) is -0.934. The monoisotopic (exact) mass is 216 g/mol. The standard InChI is InChI=1S/C9H13O4P/c10-6-8(11)7-13-14(12)9-4-2-1-3-5-9/h1-5,8,10-12H,6-7H2. The lowest BCUT2D eigenvalue weighted by Gasteiger charge is -2.12. The average Bonchev–Trinajstić information content (AvgIpc) is 2.26. The molecule has 0 bridgehead atoms. The van der Waals surface area contributed by atoms with Gasteiger partial charge in [0.2, 0.25) is 8.38 Å². The van der Waals surface area contributed by atoms with Crippen LogP contribution in [-0.4, -0.2) is 34.4 Å². The molecule has 4 nitrogen and oxygen atoms in total. The Morgan fingerprint density at radius 1 is 1.29 bits per heavy atom. The molecule has 0 fully saturated rings. The third-order valence-electron chi connectivity index (χ3n) is 1.58. The zero-order chi connectivity index (χ0) is 10.4. The Kier molecular flexibility index (Phi) is 5.01. The molecule has 0 spiro atoms. The van der Waals surface area contributed by atoms with Gasteiger partial charge in [0.15, 0.2) is 0 Å². The smallest absolute Gasteiger partial charge is 0.202 e. The van der Waals surface area contributed by atoms with Crippen LogP contribution in [0.25, 0.3) is 0 Å². The van der Waals surface area contributed by atoms with Crippen LogP contribution in [0.4, 0.5) is 0 Å². The van der Waals surface area contributed by atoms with Crippen LogP contribution in [0, 0.1) is 0 Å². The van der Waals surface area contributed by atoms with Crippen molar-refractivity contribution in [1.29, 1.82) is 0 Å². The lowest BCUT2D eigenvalue weighted by atomic mass is 10.4. The van der Waals surface area contributed by atoms with E-state index in [9.17, 15) is 4.89 Å². The zero-order valence-electron chi connectivity index (χ0n) is 7.58. The van der Waals surface area contributed by atoms with Gasteiger partial charge >= 0.3 is 0 Å². The minimum absolute atomic E-state index is 0.0619. The number of hydrogen-bond acceptors (Lipinski definition) is 4. The van der Waals surface area contributed by atoms with Crippen molar-refractivity contribution in [2.75, 3.05) is 13.2 Å². The number of benzene rings is 1. The summed E-state index contributed by atoms with van der Waals surface area (Å²) in [7, 11) is -1.69. The molecular formula is C9H13O4P. The van der Waals surface area contributed by atoms with Crippen molar-refractivity contribution >= 4 is 13.7 Å². The second-order valence-electron chi connectivity index (χ2n) is 2.74. The summed E-state index contributed by atoms with van der Waals surface area (Å²) in [5.74, 6) is 0. The van der Waals surface area contributed by atoms with E-state index in [1.807, 2.05) is 6.07 Å². The Balaban J connectivity index is 2.39. The molecule has 0 aliphatic carbocycles. The van der Waals surface area contributed by atoms with Crippen LogP contribution in [0.3, 0.4) is 0 Å². The highest BCUT2D eigenvalue weighted by Gasteiger charge is 2.10. The molecule has 0 radical (unpaired) electrons. The molecule has 1 rings (SSSR count). The SMILES string of the molecule is OCC(O)COP(O)c1ccccc1. The predicted octanol–water partition coefficient (Wildman–Crippen LogP) is -0.0141. The van der Waals surface area contributed by atoms with Crippen molar-refractivity contribution in [2.45, 2.75) is 6.10 Å². The summed E-state index contributed by atoms with van der Waals surface area (Å²) in [6.45, 7) is -0.425. The van der Waals surface area contributed by atoms with Crippen LogP contribution < -0.4 is 5.30 Å². The predicted molar refractivity (Wildman–Crippen MR) is 54.3 cm³/mol. The maximum absolute atomic E-state index is 9.51. The second-order valence-corrected chi connectivity index (χ2v) is 4.06. The normalized spacial score (nSPS) is 15.1. The average molecular weight is 216 g/mol. The fraction of sp³-hybridized carbons (Fsp3) is 0.333. The molecular weight excluding hydrogens is 203 g/mol. The Hall–Kier alpha value is -0.510. The highest BCUT2D eigenvalue weighted by atomic mass is 31.2. The van der Waals surface area contributed by atoms with Gasteiger partial charge in [0.1, 0.15) is 6.10 Å². The van der Waals surface area contributed by atoms with Crippen LogP contribution in [0.15, 0.2) is 30.3 Å². The number of aliphatic hydroxyl groups excluding tert-OH is 2. The first-order valence-corrected chi connectivity index (χ1v) is 5.41. The fourth-order valence-corrected chi connectivity index (χ4v) is 1.73. The Labute approximate surface area is 83.7 Å². The first kappa shape index (κ1) is 11.6. The van der Waals surface area contributed by atoms with Crippen LogP contribution >= 0.6 is 8.38 Å². The molecule has 1 aromatic carbocycles. The van der Waals surface area contributed by atoms with Gasteiger partial charge in [-0.3, -0.25) is 0 Å². The molecule has 2 unspecified atom stereocenters. The molecule has 0 saturated heterocycles. The van der Waals surface area contributed by atoms with E-state index in [2.05, 4.69) is 0 Å². The van der Waals surface area contributed by atoms with Crippen molar-refractivity contribution in [3.63, 3.8) is 0 Å². The van der Waals surface area contributed by atoms with Crippen LogP contribution in [-0.2, 0) is 4.52 Å². The minimum Gasteiger partial charge on any atom is -0.394 e. The summed E-state index contributed by atoms with van der Waals surface area (Å²) >= 11 is 0. The Bertz CT molecular complexity index is 254. The molecule has 3 N–H and O–H groups in total. The highest BCUT2D eigenvalue weighted by Crippen LogP contribution is 2.29. The fourth-order valence-electron chi connectivity index (χ4n) is 0.839. The summed E-state index contributed by atoms with van der Waals surface area (Å²) in [5, 5.41) is 18.2. The zero-order valence-corrected chi connectivity index (χ0v) is 8.47. The van der Waals surface area contributed by atoms with E-state index >= 15 is 0 Å². The van der Waals surface area contributed by atoms with Crippen LogP contribution in [0.1, 0.15) is 0 Å². The summed E-state index contributed by atoms with van der Waals surface area (Å²) in [6, 6.07) is 8.93. The number of aliphatic hydroxyl groups is 2. The van der Waals surface area contributed by atoms with Crippen molar-refractivity contribution in [3.8, 4) is 0 Å². The molecule has 1 aromatic rings. The van der Waals surface area contributed by atoms with E-state index in [4.69, 9.17) is 14.7 Å². The van der Waals surface area contributed by atoms with Gasteiger partial charge < -0.3 is 19.6 Å². The quantitative estimate of drug-likeness (QED) is 0.605. The van der Waals surface area contributed by atoms with E-state index in [0.29, 0.717) is 5.30 Å². The van der Waals surface area contributed by atoms with Crippen molar-refractivity contribution < 1.29 is 19.6 Å². The topological polar surface area (TPSA) is 69.9 Å². The maximum atomic E-state index is 9.51. The van der Waals surface area contributed by atoms with Gasteiger partial charge in [-0.2, -0.15) is 0 Å². The van der Waals surface area contributed by atoms with Gasteiger partial charge in [-0.15, -0.1) is 0 Å². The molecule has 14 heavy (non-hydrogen) atoms. The van der Waals surface area contributed by atoms with E-state index in [-0.39, 0.29) is 13.2 Å². The van der Waals surface area contributed by atoms with Gasteiger partial charge in [0.25, 0.3) is 0 Å². The van der Waals surface area contributed by atoms with E-state index in [0.717, 1.165) is 0 Å². The van der Waals surface area contributed by atoms with Crippen LogP contribution in [0.2, 0.25) is 0 Å². The lowest BCUT2D eigenvalue weighted by Crippen LogP contribution is -2.19. The molecule has 0 amide bonds. The molecule has 0 saturated carbocycles. The van der Waals surface area contributed by atoms with E-state index in [1.54, 1.807) is 24.3 Å². The van der Waals surface area contributed by atoms with Crippen molar-refractivity contribution in [3.05, 3.63) is 30.3 Å². The summed E-state index contributed by atoms with van der Waals surface area (Å²) < 4.78 is 4.99. The molecule has 0 heterocycles. The van der Waals surface area contributed by atoms with E-state index < -0.39 is 14.5 Å². The van der Waals surface area contributed by atoms with E-state index in [1.165, 1.54) is 0 Å². The largest absolute Gasteiger partial charge is 0.394 e. The summed E-state index contributed by atoms with van der Waals surface area (Å²) in [4.78, 5) is 9.51. The van der Waals surface area contributed by atoms with Crippen molar-refractivity contribution in [2.24, 2.45) is 0 Å². The van der Waals surface area contributed by atoms with Crippen LogP contribution in [0.5, 0.6) is 0 Å².